The summed E-state index contributed by atoms with van der Waals surface area (Å²) in [6.07, 6.45) is 0.407. The van der Waals surface area contributed by atoms with Crippen molar-refractivity contribution in [1.29, 1.82) is 0 Å². The molecule has 1 aromatic rings. The van der Waals surface area contributed by atoms with Gasteiger partial charge in [0.1, 0.15) is 5.75 Å². The van der Waals surface area contributed by atoms with Crippen LogP contribution < -0.4 is 4.52 Å². The van der Waals surface area contributed by atoms with E-state index in [4.69, 9.17) is 18.7 Å². The average Bonchev–Trinajstić information content (AvgIpc) is 2.35. The van der Waals surface area contributed by atoms with Gasteiger partial charge in [-0.2, -0.15) is 0 Å². The summed E-state index contributed by atoms with van der Waals surface area (Å²) in [6, 6.07) is 6.75. The van der Waals surface area contributed by atoms with Crippen molar-refractivity contribution < 1.29 is 28.0 Å². The smallest absolute Gasteiger partial charge is 0.481 e. The number of aliphatic carboxylic acids is 1. The summed E-state index contributed by atoms with van der Waals surface area (Å²) in [5.74, 6) is -0.989. The van der Waals surface area contributed by atoms with Crippen molar-refractivity contribution in [3.8, 4) is 5.75 Å². The van der Waals surface area contributed by atoms with Crippen molar-refractivity contribution >= 4 is 13.8 Å². The summed E-state index contributed by atoms with van der Waals surface area (Å²) >= 11 is 0. The van der Waals surface area contributed by atoms with E-state index in [9.17, 15) is 9.36 Å². The maximum Gasteiger partial charge on any atom is 0.531 e. The van der Waals surface area contributed by atoms with Crippen LogP contribution in [0.2, 0.25) is 0 Å². The van der Waals surface area contributed by atoms with E-state index < -0.39 is 30.9 Å². The van der Waals surface area contributed by atoms with Gasteiger partial charge in [-0.1, -0.05) is 19.1 Å². The van der Waals surface area contributed by atoms with Gasteiger partial charge in [0.25, 0.3) is 0 Å². The van der Waals surface area contributed by atoms with Gasteiger partial charge in [-0.25, -0.2) is 4.57 Å². The SMILES string of the molecule is C[C@@H](Cc1ccc(OP(=O)(OC(C)(C)C)OC(C)(C)C)cc1)C(=O)O. The second kappa shape index (κ2) is 7.90. The third kappa shape index (κ3) is 8.52. The minimum absolute atomic E-state index is 0.337. The molecule has 1 rings (SSSR count). The Bertz CT molecular complexity index is 604. The standard InChI is InChI=1S/C18H29O6P/c1-13(16(19)20)12-14-8-10-15(11-9-14)22-25(21,23-17(2,3)4)24-18(5,6)7/h8-11,13H,12H2,1-7H3,(H,19,20)/t13-/m0/s1. The number of rotatable bonds is 7. The fraction of sp³-hybridized carbons (Fsp3) is 0.611. The molecule has 142 valence electrons. The van der Waals surface area contributed by atoms with Crippen molar-refractivity contribution in [3.63, 3.8) is 0 Å². The van der Waals surface area contributed by atoms with E-state index >= 15 is 0 Å². The molecule has 0 fully saturated rings. The number of benzene rings is 1. The zero-order valence-corrected chi connectivity index (χ0v) is 16.9. The van der Waals surface area contributed by atoms with Crippen LogP contribution in [-0.4, -0.2) is 22.3 Å². The quantitative estimate of drug-likeness (QED) is 0.673. The number of hydrogen-bond donors (Lipinski definition) is 1. The van der Waals surface area contributed by atoms with Crippen molar-refractivity contribution in [2.45, 2.75) is 66.1 Å². The lowest BCUT2D eigenvalue weighted by molar-refractivity contribution is -0.141. The fourth-order valence-corrected chi connectivity index (χ4v) is 3.82. The highest BCUT2D eigenvalue weighted by Gasteiger charge is 2.38. The number of phosphoric acid groups is 1. The van der Waals surface area contributed by atoms with Gasteiger partial charge in [0, 0.05) is 0 Å². The van der Waals surface area contributed by atoms with Crippen LogP contribution in [0.1, 0.15) is 54.0 Å². The molecule has 0 heterocycles. The molecule has 0 spiro atoms. The molecule has 6 nitrogen and oxygen atoms in total. The summed E-state index contributed by atoms with van der Waals surface area (Å²) in [7, 11) is -3.84. The van der Waals surface area contributed by atoms with Crippen molar-refractivity contribution in [1.82, 2.24) is 0 Å². The zero-order chi connectivity index (χ0) is 19.5. The third-order valence-corrected chi connectivity index (χ3v) is 4.85. The van der Waals surface area contributed by atoms with Gasteiger partial charge in [0.15, 0.2) is 0 Å². The van der Waals surface area contributed by atoms with E-state index in [1.54, 1.807) is 72.7 Å². The summed E-state index contributed by atoms with van der Waals surface area (Å²) < 4.78 is 29.7. The second-order valence-electron chi connectivity index (χ2n) is 8.03. The highest BCUT2D eigenvalue weighted by molar-refractivity contribution is 7.49. The molecule has 0 aliphatic heterocycles. The number of hydrogen-bond acceptors (Lipinski definition) is 5. The van der Waals surface area contributed by atoms with E-state index in [1.165, 1.54) is 0 Å². The molecule has 1 N–H and O–H groups in total. The van der Waals surface area contributed by atoms with Crippen LogP contribution >= 0.6 is 7.82 Å². The van der Waals surface area contributed by atoms with E-state index in [1.807, 2.05) is 0 Å². The van der Waals surface area contributed by atoms with Gasteiger partial charge in [0.05, 0.1) is 17.1 Å². The predicted octanol–water partition coefficient (Wildman–Crippen LogP) is 5.07. The minimum Gasteiger partial charge on any atom is -0.481 e. The van der Waals surface area contributed by atoms with Crippen molar-refractivity contribution in [3.05, 3.63) is 29.8 Å². The maximum absolute atomic E-state index is 13.0. The summed E-state index contributed by atoms with van der Waals surface area (Å²) in [4.78, 5) is 10.9. The van der Waals surface area contributed by atoms with Crippen molar-refractivity contribution in [2.24, 2.45) is 5.92 Å². The first-order valence-electron chi connectivity index (χ1n) is 8.22. The Hall–Kier alpha value is -1.36. The molecule has 0 aliphatic carbocycles. The van der Waals surface area contributed by atoms with Crippen LogP contribution in [0.25, 0.3) is 0 Å². The number of phosphoric ester groups is 1. The zero-order valence-electron chi connectivity index (χ0n) is 16.0. The Balaban J connectivity index is 2.94. The maximum atomic E-state index is 13.0. The molecule has 1 aromatic carbocycles. The summed E-state index contributed by atoms with van der Waals surface area (Å²) in [5.41, 5.74) is -0.569. The number of carboxylic acids is 1. The molecule has 0 aliphatic rings. The minimum atomic E-state index is -3.84. The predicted molar refractivity (Wildman–Crippen MR) is 96.9 cm³/mol. The molecule has 1 atom stereocenters. The lowest BCUT2D eigenvalue weighted by Gasteiger charge is -2.30. The van der Waals surface area contributed by atoms with Gasteiger partial charge in [0.2, 0.25) is 0 Å². The van der Waals surface area contributed by atoms with Gasteiger partial charge in [-0.3, -0.25) is 13.8 Å². The first-order valence-corrected chi connectivity index (χ1v) is 9.68. The molecule has 25 heavy (non-hydrogen) atoms. The molecular weight excluding hydrogens is 343 g/mol. The molecule has 0 saturated carbocycles. The topological polar surface area (TPSA) is 82.1 Å². The Morgan fingerprint density at radius 3 is 1.84 bits per heavy atom. The van der Waals surface area contributed by atoms with Crippen LogP contribution in [0.3, 0.4) is 0 Å². The molecule has 0 amide bonds. The Morgan fingerprint density at radius 2 is 1.48 bits per heavy atom. The Labute approximate surface area is 150 Å². The van der Waals surface area contributed by atoms with Crippen LogP contribution in [-0.2, 0) is 24.8 Å². The summed E-state index contributed by atoms with van der Waals surface area (Å²) in [6.45, 7) is 12.3. The lowest BCUT2D eigenvalue weighted by atomic mass is 10.0. The molecule has 0 bridgehead atoms. The fourth-order valence-electron chi connectivity index (χ4n) is 1.98. The van der Waals surface area contributed by atoms with Crippen LogP contribution in [0.15, 0.2) is 24.3 Å². The van der Waals surface area contributed by atoms with Crippen molar-refractivity contribution in [2.75, 3.05) is 0 Å². The molecule has 0 saturated heterocycles. The van der Waals surface area contributed by atoms with Crippen LogP contribution in [0.4, 0.5) is 0 Å². The van der Waals surface area contributed by atoms with E-state index in [2.05, 4.69) is 0 Å². The molecule has 0 unspecified atom stereocenters. The highest BCUT2D eigenvalue weighted by Crippen LogP contribution is 2.55. The van der Waals surface area contributed by atoms with Gasteiger partial charge in [-0.05, 0) is 65.7 Å². The lowest BCUT2D eigenvalue weighted by Crippen LogP contribution is -2.25. The molecule has 7 heteroatoms. The Morgan fingerprint density at radius 1 is 1.04 bits per heavy atom. The molecule has 0 radical (unpaired) electrons. The first kappa shape index (κ1) is 21.7. The molecular formula is C18H29O6P. The van der Waals surface area contributed by atoms with Gasteiger partial charge in [-0.15, -0.1) is 0 Å². The van der Waals surface area contributed by atoms with E-state index in [-0.39, 0.29) is 0 Å². The largest absolute Gasteiger partial charge is 0.531 e. The number of carbonyl (C=O) groups is 1. The highest BCUT2D eigenvalue weighted by atomic mass is 31.2. The van der Waals surface area contributed by atoms with Gasteiger partial charge < -0.3 is 9.63 Å². The average molecular weight is 372 g/mol. The monoisotopic (exact) mass is 372 g/mol. The second-order valence-corrected chi connectivity index (χ2v) is 9.48. The normalized spacial score (nSPS) is 14.2. The molecule has 0 aromatic heterocycles. The number of carboxylic acid groups (broad SMARTS) is 1. The third-order valence-electron chi connectivity index (χ3n) is 2.88. The van der Waals surface area contributed by atoms with E-state index in [0.29, 0.717) is 12.2 Å². The summed E-state index contributed by atoms with van der Waals surface area (Å²) in [5, 5.41) is 8.97. The Kier molecular flexibility index (Phi) is 6.85. The van der Waals surface area contributed by atoms with Crippen LogP contribution in [0, 0.1) is 5.92 Å². The van der Waals surface area contributed by atoms with Crippen LogP contribution in [0.5, 0.6) is 5.75 Å². The first-order chi connectivity index (χ1) is 11.2. The van der Waals surface area contributed by atoms with E-state index in [0.717, 1.165) is 5.56 Å². The van der Waals surface area contributed by atoms with Gasteiger partial charge >= 0.3 is 13.8 Å².